The summed E-state index contributed by atoms with van der Waals surface area (Å²) in [7, 11) is 0. The molecule has 4 nitrogen and oxygen atoms in total. The van der Waals surface area contributed by atoms with Crippen molar-refractivity contribution in [3.8, 4) is 5.75 Å². The van der Waals surface area contributed by atoms with Crippen LogP contribution in [0.15, 0.2) is 24.3 Å². The van der Waals surface area contributed by atoms with Crippen LogP contribution in [0.1, 0.15) is 25.8 Å². The molecule has 116 valence electrons. The standard InChI is InChI=1S/C17H26N2O2/c1-4-15(3)18-8-10-19(11-9-18)17(20)13-21-16-7-5-6-14(2)12-16/h5-7,12,15H,4,8-11,13H2,1-3H3/p+1/t15-/m0/s1. The summed E-state index contributed by atoms with van der Waals surface area (Å²) in [4.78, 5) is 15.7. The van der Waals surface area contributed by atoms with E-state index in [1.807, 2.05) is 36.1 Å². The highest BCUT2D eigenvalue weighted by molar-refractivity contribution is 5.77. The number of piperazine rings is 1. The Balaban J connectivity index is 1.77. The maximum atomic E-state index is 12.2. The van der Waals surface area contributed by atoms with Crippen molar-refractivity contribution in [2.24, 2.45) is 0 Å². The van der Waals surface area contributed by atoms with Crippen molar-refractivity contribution in [3.63, 3.8) is 0 Å². The number of quaternary nitrogens is 1. The van der Waals surface area contributed by atoms with Crippen molar-refractivity contribution in [3.05, 3.63) is 29.8 Å². The molecule has 1 atom stereocenters. The number of ether oxygens (including phenoxy) is 1. The smallest absolute Gasteiger partial charge is 0.260 e. The van der Waals surface area contributed by atoms with Gasteiger partial charge >= 0.3 is 0 Å². The van der Waals surface area contributed by atoms with Crippen LogP contribution in [0.3, 0.4) is 0 Å². The van der Waals surface area contributed by atoms with Gasteiger partial charge in [-0.2, -0.15) is 0 Å². The first-order chi connectivity index (χ1) is 10.1. The number of nitrogens with one attached hydrogen (secondary N) is 1. The second-order valence-corrected chi connectivity index (χ2v) is 5.95. The van der Waals surface area contributed by atoms with Crippen LogP contribution in [0.25, 0.3) is 0 Å². The molecule has 0 saturated carbocycles. The Morgan fingerprint density at radius 2 is 2.10 bits per heavy atom. The van der Waals surface area contributed by atoms with Crippen molar-refractivity contribution in [2.45, 2.75) is 33.2 Å². The second-order valence-electron chi connectivity index (χ2n) is 5.95. The predicted molar refractivity (Wildman–Crippen MR) is 83.7 cm³/mol. The van der Waals surface area contributed by atoms with Gasteiger partial charge in [-0.3, -0.25) is 4.79 Å². The van der Waals surface area contributed by atoms with Gasteiger partial charge in [-0.15, -0.1) is 0 Å². The molecular weight excluding hydrogens is 264 g/mol. The summed E-state index contributed by atoms with van der Waals surface area (Å²) in [5.41, 5.74) is 1.14. The van der Waals surface area contributed by atoms with Crippen LogP contribution in [-0.4, -0.2) is 49.6 Å². The van der Waals surface area contributed by atoms with Crippen LogP contribution in [-0.2, 0) is 4.79 Å². The number of carbonyl (C=O) groups is 1. The Hall–Kier alpha value is -1.55. The largest absolute Gasteiger partial charge is 0.484 e. The molecule has 1 amide bonds. The van der Waals surface area contributed by atoms with E-state index in [2.05, 4.69) is 13.8 Å². The molecule has 1 saturated heterocycles. The first-order valence-corrected chi connectivity index (χ1v) is 7.92. The van der Waals surface area contributed by atoms with Crippen LogP contribution in [0.4, 0.5) is 0 Å². The Kier molecular flexibility index (Phi) is 5.62. The van der Waals surface area contributed by atoms with Gasteiger partial charge in [0.15, 0.2) is 6.61 Å². The number of nitrogens with zero attached hydrogens (tertiary/aromatic N) is 1. The molecule has 1 fully saturated rings. The summed E-state index contributed by atoms with van der Waals surface area (Å²) < 4.78 is 5.60. The molecule has 1 N–H and O–H groups in total. The van der Waals surface area contributed by atoms with Crippen molar-refractivity contribution >= 4 is 5.91 Å². The number of amides is 1. The minimum Gasteiger partial charge on any atom is -0.484 e. The maximum absolute atomic E-state index is 12.2. The Morgan fingerprint density at radius 3 is 2.71 bits per heavy atom. The molecule has 0 aliphatic carbocycles. The molecule has 1 aromatic carbocycles. The van der Waals surface area contributed by atoms with Crippen LogP contribution >= 0.6 is 0 Å². The highest BCUT2D eigenvalue weighted by Gasteiger charge is 2.26. The predicted octanol–water partition coefficient (Wildman–Crippen LogP) is 0.899. The van der Waals surface area contributed by atoms with E-state index in [1.54, 1.807) is 4.90 Å². The summed E-state index contributed by atoms with van der Waals surface area (Å²) in [5, 5.41) is 0. The monoisotopic (exact) mass is 291 g/mol. The number of hydrogen-bond donors (Lipinski definition) is 1. The second kappa shape index (κ2) is 7.46. The Bertz CT molecular complexity index is 468. The third-order valence-corrected chi connectivity index (χ3v) is 4.42. The van der Waals surface area contributed by atoms with Gasteiger partial charge in [0.2, 0.25) is 0 Å². The lowest BCUT2D eigenvalue weighted by Crippen LogP contribution is -3.17. The molecule has 0 radical (unpaired) electrons. The average Bonchev–Trinajstić information content (AvgIpc) is 2.52. The lowest BCUT2D eigenvalue weighted by atomic mass is 10.2. The van der Waals surface area contributed by atoms with E-state index in [9.17, 15) is 4.79 Å². The van der Waals surface area contributed by atoms with Gasteiger partial charge in [-0.25, -0.2) is 0 Å². The molecule has 1 heterocycles. The fraction of sp³-hybridized carbons (Fsp3) is 0.588. The van der Waals surface area contributed by atoms with Crippen molar-refractivity contribution in [2.75, 3.05) is 32.8 Å². The van der Waals surface area contributed by atoms with E-state index in [1.165, 1.54) is 6.42 Å². The lowest BCUT2D eigenvalue weighted by Gasteiger charge is -2.35. The maximum Gasteiger partial charge on any atom is 0.260 e. The van der Waals surface area contributed by atoms with Gasteiger partial charge in [0.25, 0.3) is 5.91 Å². The number of hydrogen-bond acceptors (Lipinski definition) is 2. The van der Waals surface area contributed by atoms with Crippen molar-refractivity contribution < 1.29 is 14.4 Å². The number of rotatable bonds is 5. The molecule has 1 aliphatic heterocycles. The van der Waals surface area contributed by atoms with Crippen LogP contribution < -0.4 is 9.64 Å². The minimum atomic E-state index is 0.0970. The quantitative estimate of drug-likeness (QED) is 0.874. The van der Waals surface area contributed by atoms with E-state index in [4.69, 9.17) is 4.74 Å². The molecule has 21 heavy (non-hydrogen) atoms. The topological polar surface area (TPSA) is 34.0 Å². The molecular formula is C17H27N2O2+. The van der Waals surface area contributed by atoms with Gasteiger partial charge in [0, 0.05) is 0 Å². The van der Waals surface area contributed by atoms with Crippen LogP contribution in [0, 0.1) is 6.92 Å². The molecule has 2 rings (SSSR count). The van der Waals surface area contributed by atoms with Crippen molar-refractivity contribution in [1.29, 1.82) is 0 Å². The molecule has 0 spiro atoms. The highest BCUT2D eigenvalue weighted by Crippen LogP contribution is 2.12. The first-order valence-electron chi connectivity index (χ1n) is 7.92. The third kappa shape index (κ3) is 4.46. The molecule has 0 aromatic heterocycles. The number of carbonyl (C=O) groups excluding carboxylic acids is 1. The fourth-order valence-corrected chi connectivity index (χ4v) is 2.77. The molecule has 4 heteroatoms. The fourth-order valence-electron chi connectivity index (χ4n) is 2.77. The number of aryl methyl sites for hydroxylation is 1. The third-order valence-electron chi connectivity index (χ3n) is 4.42. The van der Waals surface area contributed by atoms with Crippen LogP contribution in [0.5, 0.6) is 5.75 Å². The van der Waals surface area contributed by atoms with E-state index < -0.39 is 0 Å². The number of benzene rings is 1. The van der Waals surface area contributed by atoms with Crippen molar-refractivity contribution in [1.82, 2.24) is 4.90 Å². The summed E-state index contributed by atoms with van der Waals surface area (Å²) in [6.45, 7) is 10.5. The SMILES string of the molecule is CC[C@H](C)[NH+]1CCN(C(=O)COc2cccc(C)c2)CC1. The molecule has 0 bridgehead atoms. The normalized spacial score (nSPS) is 17.6. The molecule has 0 unspecified atom stereocenters. The minimum absolute atomic E-state index is 0.0970. The Labute approximate surface area is 127 Å². The average molecular weight is 291 g/mol. The van der Waals surface area contributed by atoms with Crippen LogP contribution in [0.2, 0.25) is 0 Å². The summed E-state index contributed by atoms with van der Waals surface area (Å²) in [6, 6.07) is 8.50. The first kappa shape index (κ1) is 15.8. The summed E-state index contributed by atoms with van der Waals surface area (Å²) in [6.07, 6.45) is 1.19. The highest BCUT2D eigenvalue weighted by atomic mass is 16.5. The van der Waals surface area contributed by atoms with E-state index >= 15 is 0 Å². The van der Waals surface area contributed by atoms with E-state index in [0.29, 0.717) is 6.04 Å². The zero-order valence-corrected chi connectivity index (χ0v) is 13.4. The molecule has 1 aromatic rings. The summed E-state index contributed by atoms with van der Waals surface area (Å²) >= 11 is 0. The Morgan fingerprint density at radius 1 is 1.38 bits per heavy atom. The van der Waals surface area contributed by atoms with Gasteiger partial charge in [-0.05, 0) is 38.0 Å². The van der Waals surface area contributed by atoms with Gasteiger partial charge < -0.3 is 14.5 Å². The summed E-state index contributed by atoms with van der Waals surface area (Å²) in [5.74, 6) is 0.868. The van der Waals surface area contributed by atoms with E-state index in [0.717, 1.165) is 37.5 Å². The molecule has 1 aliphatic rings. The van der Waals surface area contributed by atoms with E-state index in [-0.39, 0.29) is 12.5 Å². The zero-order valence-electron chi connectivity index (χ0n) is 13.4. The van der Waals surface area contributed by atoms with Gasteiger partial charge in [-0.1, -0.05) is 19.1 Å². The van der Waals surface area contributed by atoms with Gasteiger partial charge in [0.05, 0.1) is 32.2 Å². The van der Waals surface area contributed by atoms with Gasteiger partial charge in [0.1, 0.15) is 5.75 Å². The lowest BCUT2D eigenvalue weighted by molar-refractivity contribution is -0.927. The zero-order chi connectivity index (χ0) is 15.2.